The molecule has 1 fully saturated rings. The number of H-pyrrole nitrogens is 2. The van der Waals surface area contributed by atoms with Crippen LogP contribution in [-0.2, 0) is 0 Å². The molecule has 0 bridgehead atoms. The molecular formula is C30H29N9O. The van der Waals surface area contributed by atoms with E-state index in [9.17, 15) is 4.79 Å². The molecule has 1 saturated heterocycles. The van der Waals surface area contributed by atoms with Gasteiger partial charge in [-0.1, -0.05) is 6.07 Å². The molecule has 5 heterocycles. The number of nitrogen functional groups attached to an aromatic ring is 1. The molecule has 0 unspecified atom stereocenters. The highest BCUT2D eigenvalue weighted by molar-refractivity contribution is 6.12. The summed E-state index contributed by atoms with van der Waals surface area (Å²) >= 11 is 0. The lowest BCUT2D eigenvalue weighted by atomic mass is 10.1. The zero-order chi connectivity index (χ0) is 27.4. The number of piperazine rings is 1. The fraction of sp³-hybridized carbons (Fsp3) is 0.200. The van der Waals surface area contributed by atoms with Crippen LogP contribution in [0, 0.1) is 6.92 Å². The lowest BCUT2D eigenvalue weighted by molar-refractivity contribution is 0.103. The van der Waals surface area contributed by atoms with E-state index >= 15 is 0 Å². The van der Waals surface area contributed by atoms with Crippen molar-refractivity contribution in [2.24, 2.45) is 0 Å². The number of aryl methyl sites for hydroxylation is 1. The average molecular weight is 532 g/mol. The Morgan fingerprint density at radius 3 is 2.50 bits per heavy atom. The Labute approximate surface area is 230 Å². The van der Waals surface area contributed by atoms with E-state index in [1.165, 1.54) is 6.20 Å². The number of benzene rings is 2. The van der Waals surface area contributed by atoms with E-state index < -0.39 is 0 Å². The summed E-state index contributed by atoms with van der Waals surface area (Å²) in [4.78, 5) is 33.8. The number of carbonyl (C=O) groups excluding carboxylic acids is 1. The van der Waals surface area contributed by atoms with E-state index in [1.807, 2.05) is 49.5 Å². The van der Waals surface area contributed by atoms with Crippen LogP contribution in [0.3, 0.4) is 0 Å². The Morgan fingerprint density at radius 2 is 1.70 bits per heavy atom. The number of fused-ring (bicyclic) bond motifs is 2. The van der Waals surface area contributed by atoms with Gasteiger partial charge in [-0.3, -0.25) is 4.79 Å². The van der Waals surface area contributed by atoms with Crippen LogP contribution in [0.2, 0.25) is 0 Å². The number of aromatic nitrogens is 6. The van der Waals surface area contributed by atoms with Crippen molar-refractivity contribution in [3.05, 3.63) is 84.1 Å². The molecule has 0 amide bonds. The molecule has 40 heavy (non-hydrogen) atoms. The highest BCUT2D eigenvalue weighted by atomic mass is 16.1. The summed E-state index contributed by atoms with van der Waals surface area (Å²) in [5.74, 6) is 1.90. The first kappa shape index (κ1) is 24.1. The number of imidazole rings is 1. The van der Waals surface area contributed by atoms with Crippen LogP contribution in [0.5, 0.6) is 0 Å². The fourth-order valence-corrected chi connectivity index (χ4v) is 5.35. The number of ketones is 1. The second-order valence-electron chi connectivity index (χ2n) is 10.4. The number of carbonyl (C=O) groups is 1. The maximum Gasteiger partial charge on any atom is 0.214 e. The molecule has 6 aromatic rings. The number of nitrogens with one attached hydrogen (secondary N) is 2. The van der Waals surface area contributed by atoms with E-state index in [0.29, 0.717) is 11.3 Å². The molecule has 0 spiro atoms. The van der Waals surface area contributed by atoms with Crippen LogP contribution >= 0.6 is 0 Å². The number of hydrogen-bond acceptors (Lipinski definition) is 7. The van der Waals surface area contributed by atoms with E-state index in [0.717, 1.165) is 76.6 Å². The van der Waals surface area contributed by atoms with Crippen LogP contribution < -0.4 is 10.6 Å². The van der Waals surface area contributed by atoms with Crippen molar-refractivity contribution in [3.63, 3.8) is 0 Å². The topological polar surface area (TPSA) is 125 Å². The molecule has 0 atom stereocenters. The number of rotatable bonds is 5. The van der Waals surface area contributed by atoms with Gasteiger partial charge in [-0.15, -0.1) is 0 Å². The molecular weight excluding hydrogens is 502 g/mol. The van der Waals surface area contributed by atoms with Gasteiger partial charge in [-0.25, -0.2) is 14.6 Å². The Balaban J connectivity index is 1.14. The van der Waals surface area contributed by atoms with Gasteiger partial charge in [-0.05, 0) is 68.1 Å². The highest BCUT2D eigenvalue weighted by Crippen LogP contribution is 2.28. The first-order valence-electron chi connectivity index (χ1n) is 13.3. The summed E-state index contributed by atoms with van der Waals surface area (Å²) in [6.07, 6.45) is 3.44. The van der Waals surface area contributed by atoms with Gasteiger partial charge in [0.15, 0.2) is 0 Å². The molecule has 1 aliphatic rings. The van der Waals surface area contributed by atoms with Gasteiger partial charge in [0.2, 0.25) is 5.78 Å². The van der Waals surface area contributed by atoms with Gasteiger partial charge in [0.1, 0.15) is 17.5 Å². The molecule has 2 aromatic carbocycles. The summed E-state index contributed by atoms with van der Waals surface area (Å²) in [6, 6.07) is 17.9. The van der Waals surface area contributed by atoms with Crippen molar-refractivity contribution in [1.82, 2.24) is 34.6 Å². The third-order valence-corrected chi connectivity index (χ3v) is 7.65. The average Bonchev–Trinajstić information content (AvgIpc) is 3.68. The van der Waals surface area contributed by atoms with Crippen molar-refractivity contribution in [1.29, 1.82) is 0 Å². The zero-order valence-electron chi connectivity index (χ0n) is 22.3. The van der Waals surface area contributed by atoms with Crippen molar-refractivity contribution >= 4 is 39.4 Å². The van der Waals surface area contributed by atoms with Gasteiger partial charge in [0.05, 0.1) is 34.2 Å². The zero-order valence-corrected chi connectivity index (χ0v) is 22.3. The number of pyridine rings is 1. The number of likely N-dealkylation sites (N-methyl/N-ethyl adjacent to an activating group) is 1. The highest BCUT2D eigenvalue weighted by Gasteiger charge is 2.20. The molecule has 10 heteroatoms. The normalized spacial score (nSPS) is 14.4. The predicted molar refractivity (Wildman–Crippen MR) is 157 cm³/mol. The summed E-state index contributed by atoms with van der Waals surface area (Å²) in [5, 5.41) is 5.34. The number of nitrogens with two attached hydrogens (primary N) is 1. The lowest BCUT2D eigenvalue weighted by Crippen LogP contribution is -2.44. The van der Waals surface area contributed by atoms with Gasteiger partial charge in [0, 0.05) is 48.8 Å². The standard InChI is InChI=1S/C30H29N9O/c1-18-34-25-7-5-22(15-26(25)35-18)39-30(31)23(17-33-39)29(40)27-14-21-13-19(3-6-24(21)36-27)20-4-8-28(32-16-20)38-11-9-37(2)10-12-38/h3-8,13-17,36H,9-12,31H2,1-2H3,(H,34,35). The van der Waals surface area contributed by atoms with Crippen LogP contribution in [0.25, 0.3) is 38.8 Å². The quantitative estimate of drug-likeness (QED) is 0.285. The van der Waals surface area contributed by atoms with Crippen LogP contribution in [0.1, 0.15) is 21.9 Å². The number of nitrogens with zero attached hydrogens (tertiary/aromatic N) is 6. The second kappa shape index (κ2) is 9.35. The molecule has 0 saturated carbocycles. The van der Waals surface area contributed by atoms with Crippen molar-refractivity contribution in [2.75, 3.05) is 43.9 Å². The number of aromatic amines is 2. The summed E-state index contributed by atoms with van der Waals surface area (Å²) in [7, 11) is 2.15. The first-order chi connectivity index (χ1) is 19.4. The van der Waals surface area contributed by atoms with Crippen molar-refractivity contribution in [3.8, 4) is 16.8 Å². The third-order valence-electron chi connectivity index (χ3n) is 7.65. The first-order valence-corrected chi connectivity index (χ1v) is 13.3. The summed E-state index contributed by atoms with van der Waals surface area (Å²) < 4.78 is 1.57. The minimum absolute atomic E-state index is 0.212. The van der Waals surface area contributed by atoms with Gasteiger partial charge in [-0.2, -0.15) is 5.10 Å². The largest absolute Gasteiger partial charge is 0.383 e. The maximum absolute atomic E-state index is 13.5. The molecule has 7 rings (SSSR count). The molecule has 10 nitrogen and oxygen atoms in total. The molecule has 0 radical (unpaired) electrons. The Morgan fingerprint density at radius 1 is 0.900 bits per heavy atom. The predicted octanol–water partition coefficient (Wildman–Crippen LogP) is 4.17. The number of hydrogen-bond donors (Lipinski definition) is 3. The maximum atomic E-state index is 13.5. The Kier molecular flexibility index (Phi) is 5.64. The molecule has 4 aromatic heterocycles. The summed E-state index contributed by atoms with van der Waals surface area (Å²) in [5.41, 5.74) is 12.6. The molecule has 0 aliphatic carbocycles. The molecule has 4 N–H and O–H groups in total. The SMILES string of the molecule is Cc1nc2cc(-n3ncc(C(=O)c4cc5cc(-c6ccc(N7CCN(C)CC7)nc6)ccc5[nH]4)c3N)ccc2[nH]1. The third kappa shape index (κ3) is 4.18. The van der Waals surface area contributed by atoms with Crippen LogP contribution in [-0.4, -0.2) is 73.6 Å². The monoisotopic (exact) mass is 531 g/mol. The number of anilines is 2. The van der Waals surface area contributed by atoms with Gasteiger partial charge >= 0.3 is 0 Å². The minimum atomic E-state index is -0.212. The summed E-state index contributed by atoms with van der Waals surface area (Å²) in [6.45, 7) is 5.96. The van der Waals surface area contributed by atoms with Crippen molar-refractivity contribution < 1.29 is 4.79 Å². The van der Waals surface area contributed by atoms with E-state index in [-0.39, 0.29) is 11.6 Å². The lowest BCUT2D eigenvalue weighted by Gasteiger charge is -2.33. The Bertz CT molecular complexity index is 1870. The van der Waals surface area contributed by atoms with Gasteiger partial charge < -0.3 is 25.5 Å². The molecule has 1 aliphatic heterocycles. The fourth-order valence-electron chi connectivity index (χ4n) is 5.35. The van der Waals surface area contributed by atoms with Crippen molar-refractivity contribution in [2.45, 2.75) is 6.92 Å². The Hall–Kier alpha value is -4.96. The minimum Gasteiger partial charge on any atom is -0.383 e. The smallest absolute Gasteiger partial charge is 0.214 e. The second-order valence-corrected chi connectivity index (χ2v) is 10.4. The van der Waals surface area contributed by atoms with E-state index in [4.69, 9.17) is 10.7 Å². The van der Waals surface area contributed by atoms with Crippen LogP contribution in [0.15, 0.2) is 67.0 Å². The van der Waals surface area contributed by atoms with E-state index in [2.05, 4.69) is 55.1 Å². The molecule has 200 valence electrons. The van der Waals surface area contributed by atoms with E-state index in [1.54, 1.807) is 4.68 Å². The van der Waals surface area contributed by atoms with Gasteiger partial charge in [0.25, 0.3) is 0 Å². The van der Waals surface area contributed by atoms with Crippen LogP contribution in [0.4, 0.5) is 11.6 Å².